The lowest BCUT2D eigenvalue weighted by Crippen LogP contribution is -2.45. The smallest absolute Gasteiger partial charge is 0.409 e. The van der Waals surface area contributed by atoms with E-state index in [1.54, 1.807) is 13.8 Å². The molecule has 0 radical (unpaired) electrons. The predicted octanol–water partition coefficient (Wildman–Crippen LogP) is 1.73. The summed E-state index contributed by atoms with van der Waals surface area (Å²) in [5.74, 6) is -3.31. The summed E-state index contributed by atoms with van der Waals surface area (Å²) in [4.78, 5) is 34.5. The third-order valence-corrected chi connectivity index (χ3v) is 3.63. The van der Waals surface area contributed by atoms with E-state index in [2.05, 4.69) is 5.32 Å². The first-order valence-corrected chi connectivity index (χ1v) is 7.36. The Morgan fingerprint density at radius 1 is 1.24 bits per heavy atom. The Kier molecular flexibility index (Phi) is 7.15. The molecule has 10 nitrogen and oxygen atoms in total. The van der Waals surface area contributed by atoms with Gasteiger partial charge in [-0.25, -0.2) is 14.4 Å². The molecule has 4 N–H and O–H groups in total. The number of carbonyl (C=O) groups is 3. The molecule has 0 saturated carbocycles. The highest BCUT2D eigenvalue weighted by atomic mass is 16.8. The van der Waals surface area contributed by atoms with Crippen LogP contribution in [0.1, 0.15) is 31.9 Å². The molecule has 3 atom stereocenters. The van der Waals surface area contributed by atoms with Gasteiger partial charge in [-0.2, -0.15) is 0 Å². The van der Waals surface area contributed by atoms with Gasteiger partial charge in [0.05, 0.1) is 5.69 Å². The lowest BCUT2D eigenvalue weighted by Gasteiger charge is -2.27. The van der Waals surface area contributed by atoms with E-state index in [9.17, 15) is 24.7 Å². The fraction of sp³-hybridized carbons (Fsp3) is 0.400. The van der Waals surface area contributed by atoms with E-state index < -0.39 is 47.0 Å². The predicted molar refractivity (Wildman–Crippen MR) is 84.9 cm³/mol. The van der Waals surface area contributed by atoms with Crippen LogP contribution < -0.4 is 10.5 Å². The summed E-state index contributed by atoms with van der Waals surface area (Å²) in [5, 5.41) is 40.1. The number of anilines is 1. The Morgan fingerprint density at radius 2 is 1.84 bits per heavy atom. The minimum Gasteiger partial charge on any atom is -0.733 e. The zero-order chi connectivity index (χ0) is 19.1. The monoisotopic (exact) mass is 355 g/mol. The molecule has 1 amide bonds. The number of carboxylic acid groups (broad SMARTS) is 2. The van der Waals surface area contributed by atoms with Crippen molar-refractivity contribution in [3.63, 3.8) is 0 Å². The van der Waals surface area contributed by atoms with Gasteiger partial charge < -0.3 is 30.7 Å². The van der Waals surface area contributed by atoms with Crippen molar-refractivity contribution in [1.29, 1.82) is 0 Å². The fourth-order valence-electron chi connectivity index (χ4n) is 2.08. The summed E-state index contributed by atoms with van der Waals surface area (Å²) in [6.07, 6.45) is -2.73. The van der Waals surface area contributed by atoms with Crippen LogP contribution in [-0.4, -0.2) is 39.5 Å². The Bertz CT molecular complexity index is 634. The van der Waals surface area contributed by atoms with Gasteiger partial charge in [0.2, 0.25) is 6.10 Å². The average Bonchev–Trinajstić information content (AvgIpc) is 2.56. The molecule has 10 heteroatoms. The quantitative estimate of drug-likeness (QED) is 0.509. The van der Waals surface area contributed by atoms with Gasteiger partial charge in [-0.1, -0.05) is 38.5 Å². The minimum atomic E-state index is -1.91. The first-order valence-electron chi connectivity index (χ1n) is 7.36. The van der Waals surface area contributed by atoms with Gasteiger partial charge >= 0.3 is 18.0 Å². The molecular formula is C15H19N2O8-. The summed E-state index contributed by atoms with van der Waals surface area (Å²) in [7, 11) is 0. The number of nitrogens with zero attached hydrogens (tertiary/aromatic N) is 1. The molecule has 138 valence electrons. The summed E-state index contributed by atoms with van der Waals surface area (Å²) in [6, 6.07) is 3.82. The van der Waals surface area contributed by atoms with Crippen LogP contribution in [0, 0.1) is 11.1 Å². The van der Waals surface area contributed by atoms with Gasteiger partial charge in [0.25, 0.3) is 0 Å². The highest BCUT2D eigenvalue weighted by molar-refractivity contribution is 5.83. The first-order chi connectivity index (χ1) is 11.7. The van der Waals surface area contributed by atoms with E-state index in [4.69, 9.17) is 15.1 Å². The Morgan fingerprint density at radius 3 is 2.32 bits per heavy atom. The number of rotatable bonds is 8. The fourth-order valence-corrected chi connectivity index (χ4v) is 2.08. The molecule has 0 spiro atoms. The van der Waals surface area contributed by atoms with E-state index >= 15 is 0 Å². The van der Waals surface area contributed by atoms with E-state index in [0.29, 0.717) is 6.42 Å². The molecule has 1 rings (SSSR count). The van der Waals surface area contributed by atoms with Crippen LogP contribution in [0.25, 0.3) is 0 Å². The molecule has 1 aromatic carbocycles. The second-order valence-corrected chi connectivity index (χ2v) is 5.30. The summed E-state index contributed by atoms with van der Waals surface area (Å²) < 4.78 is 4.77. The summed E-state index contributed by atoms with van der Waals surface area (Å²) >= 11 is 0. The molecular weight excluding hydrogens is 336 g/mol. The molecule has 0 fully saturated rings. The average molecular weight is 355 g/mol. The van der Waals surface area contributed by atoms with Gasteiger partial charge in [-0.15, -0.1) is 0 Å². The van der Waals surface area contributed by atoms with Crippen molar-refractivity contribution in [3.05, 3.63) is 35.0 Å². The summed E-state index contributed by atoms with van der Waals surface area (Å²) in [6.45, 7) is 3.33. The van der Waals surface area contributed by atoms with E-state index in [-0.39, 0.29) is 5.56 Å². The number of para-hydroxylation sites is 1. The van der Waals surface area contributed by atoms with Crippen molar-refractivity contribution in [3.8, 4) is 0 Å². The number of benzene rings is 1. The second kappa shape index (κ2) is 8.85. The normalized spacial score (nSPS) is 14.1. The van der Waals surface area contributed by atoms with Crippen LogP contribution in [0.15, 0.2) is 24.3 Å². The summed E-state index contributed by atoms with van der Waals surface area (Å²) in [5.41, 5.74) is -0.683. The van der Waals surface area contributed by atoms with Crippen LogP contribution >= 0.6 is 0 Å². The highest BCUT2D eigenvalue weighted by Gasteiger charge is 2.31. The highest BCUT2D eigenvalue weighted by Crippen LogP contribution is 2.28. The molecule has 0 aliphatic heterocycles. The molecule has 1 unspecified atom stereocenters. The van der Waals surface area contributed by atoms with Crippen LogP contribution in [0.3, 0.4) is 0 Å². The molecule has 0 aliphatic carbocycles. The Hall–Kier alpha value is -2.85. The number of alkyl carbamates (subject to hydrolysis) is 1. The maximum atomic E-state index is 11.9. The van der Waals surface area contributed by atoms with Crippen molar-refractivity contribution >= 4 is 23.7 Å². The van der Waals surface area contributed by atoms with E-state index in [1.807, 2.05) is 0 Å². The van der Waals surface area contributed by atoms with Crippen molar-refractivity contribution in [2.45, 2.75) is 32.4 Å². The van der Waals surface area contributed by atoms with Crippen LogP contribution in [0.4, 0.5) is 10.5 Å². The number of nitrogens with one attached hydrogen (secondary N) is 1. The molecule has 0 saturated heterocycles. The minimum absolute atomic E-state index is 0.266. The zero-order valence-corrected chi connectivity index (χ0v) is 13.6. The first kappa shape index (κ1) is 20.2. The van der Waals surface area contributed by atoms with Gasteiger partial charge in [0.15, 0.2) is 0 Å². The standard InChI is InChI=1S/C15H19N2O8/c1-3-8(2)11(13(18)19)16-15(22)25-12(14(20)21)9-6-4-5-7-10(9)17(23)24/h4-8,11-12,23H,3H2,1-2H3,(H,16,22)(H,18,19)(H,20,21)/q-1/t8-,11-,12?/m1/s1. The van der Waals surface area contributed by atoms with E-state index in [1.165, 1.54) is 18.2 Å². The lowest BCUT2D eigenvalue weighted by molar-refractivity contribution is -0.147. The van der Waals surface area contributed by atoms with Crippen molar-refractivity contribution in [2.24, 2.45) is 5.92 Å². The Labute approximate surface area is 143 Å². The number of ether oxygens (including phenoxy) is 1. The molecule has 0 aromatic heterocycles. The van der Waals surface area contributed by atoms with Crippen molar-refractivity contribution in [2.75, 3.05) is 5.23 Å². The lowest BCUT2D eigenvalue weighted by atomic mass is 10.00. The largest absolute Gasteiger partial charge is 0.733 e. The molecule has 0 heterocycles. The number of carboxylic acids is 2. The van der Waals surface area contributed by atoms with Gasteiger partial charge in [0, 0.05) is 5.56 Å². The molecule has 0 aliphatic rings. The third kappa shape index (κ3) is 5.33. The van der Waals surface area contributed by atoms with Crippen LogP contribution in [0.2, 0.25) is 0 Å². The maximum Gasteiger partial charge on any atom is 0.409 e. The third-order valence-electron chi connectivity index (χ3n) is 3.63. The van der Waals surface area contributed by atoms with Gasteiger partial charge in [-0.05, 0) is 12.0 Å². The van der Waals surface area contributed by atoms with Crippen molar-refractivity contribution < 1.29 is 34.5 Å². The number of carbonyl (C=O) groups excluding carboxylic acids is 1. The topological polar surface area (TPSA) is 159 Å². The van der Waals surface area contributed by atoms with Crippen LogP contribution in [-0.2, 0) is 14.3 Å². The van der Waals surface area contributed by atoms with E-state index in [0.717, 1.165) is 6.07 Å². The number of aliphatic carboxylic acids is 2. The number of amides is 1. The number of hydrogen-bond acceptors (Lipinski definition) is 7. The van der Waals surface area contributed by atoms with Crippen molar-refractivity contribution in [1.82, 2.24) is 5.32 Å². The maximum absolute atomic E-state index is 11.9. The second-order valence-electron chi connectivity index (χ2n) is 5.30. The number of hydrogen-bond donors (Lipinski definition) is 4. The Balaban J connectivity index is 3.01. The molecule has 1 aromatic rings. The van der Waals surface area contributed by atoms with Crippen LogP contribution in [0.5, 0.6) is 0 Å². The molecule has 25 heavy (non-hydrogen) atoms. The van der Waals surface area contributed by atoms with Gasteiger partial charge in [0.1, 0.15) is 6.04 Å². The molecule has 0 bridgehead atoms. The SMILES string of the molecule is CC[C@@H](C)[C@@H](NC(=O)OC(C(=O)O)c1ccccc1N([O-])O)C(=O)O. The zero-order valence-electron chi connectivity index (χ0n) is 13.6. The van der Waals surface area contributed by atoms with Gasteiger partial charge in [-0.3, -0.25) is 5.21 Å².